The third-order valence-electron chi connectivity index (χ3n) is 4.38. The summed E-state index contributed by atoms with van der Waals surface area (Å²) in [6.07, 6.45) is 0. The van der Waals surface area contributed by atoms with Gasteiger partial charge in [-0.1, -0.05) is 48.5 Å². The summed E-state index contributed by atoms with van der Waals surface area (Å²) < 4.78 is 16.0. The average molecular weight is 387 g/mol. The van der Waals surface area contributed by atoms with Crippen molar-refractivity contribution in [3.05, 3.63) is 83.4 Å². The molecule has 0 spiro atoms. The van der Waals surface area contributed by atoms with Gasteiger partial charge in [0.15, 0.2) is 18.1 Å². The Morgan fingerprint density at radius 3 is 2.48 bits per heavy atom. The highest BCUT2D eigenvalue weighted by molar-refractivity contribution is 5.72. The Bertz CT molecular complexity index is 1040. The summed E-state index contributed by atoms with van der Waals surface area (Å²) in [5.41, 5.74) is 4.32. The van der Waals surface area contributed by atoms with Crippen LogP contribution in [0.15, 0.2) is 66.7 Å². The standard InChI is InChI=1S/C24H21NO4/c1-17-7-12-22(23(13-17)27-2)28-16-24(26)29-15-18-8-10-19(11-9-18)21-6-4-3-5-20(21)14-25/h3-13H,15-16H2,1-2H3. The van der Waals surface area contributed by atoms with Gasteiger partial charge in [-0.15, -0.1) is 0 Å². The zero-order valence-electron chi connectivity index (χ0n) is 16.3. The van der Waals surface area contributed by atoms with Gasteiger partial charge in [0.1, 0.15) is 6.61 Å². The maximum absolute atomic E-state index is 12.0. The molecule has 0 aliphatic rings. The monoisotopic (exact) mass is 387 g/mol. The Balaban J connectivity index is 1.55. The zero-order valence-corrected chi connectivity index (χ0v) is 16.3. The molecule has 0 N–H and O–H groups in total. The highest BCUT2D eigenvalue weighted by Crippen LogP contribution is 2.28. The van der Waals surface area contributed by atoms with E-state index in [-0.39, 0.29) is 13.2 Å². The van der Waals surface area contributed by atoms with Gasteiger partial charge in [-0.05, 0) is 47.4 Å². The van der Waals surface area contributed by atoms with Crippen molar-refractivity contribution in [2.75, 3.05) is 13.7 Å². The normalized spacial score (nSPS) is 10.1. The minimum Gasteiger partial charge on any atom is -0.493 e. The number of benzene rings is 3. The minimum atomic E-state index is -0.466. The molecule has 0 atom stereocenters. The van der Waals surface area contributed by atoms with E-state index in [9.17, 15) is 10.1 Å². The molecule has 3 aromatic rings. The molecule has 0 fully saturated rings. The van der Waals surface area contributed by atoms with Crippen molar-refractivity contribution >= 4 is 5.97 Å². The van der Waals surface area contributed by atoms with Crippen LogP contribution in [0.1, 0.15) is 16.7 Å². The number of carbonyl (C=O) groups excluding carboxylic acids is 1. The van der Waals surface area contributed by atoms with Crippen molar-refractivity contribution in [3.8, 4) is 28.7 Å². The van der Waals surface area contributed by atoms with Gasteiger partial charge in [0.25, 0.3) is 0 Å². The predicted octanol–water partition coefficient (Wildman–Crippen LogP) is 4.66. The van der Waals surface area contributed by atoms with E-state index in [1.54, 1.807) is 19.2 Å². The molecule has 5 heteroatoms. The fraction of sp³-hybridized carbons (Fsp3) is 0.167. The molecule has 0 radical (unpaired) electrons. The van der Waals surface area contributed by atoms with Crippen LogP contribution < -0.4 is 9.47 Å². The van der Waals surface area contributed by atoms with Gasteiger partial charge in [0, 0.05) is 0 Å². The molecular formula is C24H21NO4. The lowest BCUT2D eigenvalue weighted by atomic mass is 9.99. The molecule has 0 saturated carbocycles. The van der Waals surface area contributed by atoms with Gasteiger partial charge in [0.2, 0.25) is 0 Å². The third-order valence-corrected chi connectivity index (χ3v) is 4.38. The molecule has 5 nitrogen and oxygen atoms in total. The summed E-state index contributed by atoms with van der Waals surface area (Å²) in [7, 11) is 1.55. The maximum Gasteiger partial charge on any atom is 0.344 e. The summed E-state index contributed by atoms with van der Waals surface area (Å²) in [6.45, 7) is 1.89. The van der Waals surface area contributed by atoms with Crippen molar-refractivity contribution in [2.45, 2.75) is 13.5 Å². The van der Waals surface area contributed by atoms with Gasteiger partial charge >= 0.3 is 5.97 Å². The molecular weight excluding hydrogens is 366 g/mol. The molecule has 0 saturated heterocycles. The lowest BCUT2D eigenvalue weighted by Gasteiger charge is -2.11. The summed E-state index contributed by atoms with van der Waals surface area (Å²) >= 11 is 0. The van der Waals surface area contributed by atoms with E-state index in [0.717, 1.165) is 22.3 Å². The number of hydrogen-bond donors (Lipinski definition) is 0. The van der Waals surface area contributed by atoms with E-state index < -0.39 is 5.97 Å². The largest absolute Gasteiger partial charge is 0.493 e. The first kappa shape index (κ1) is 20.0. The molecule has 146 valence electrons. The summed E-state index contributed by atoms with van der Waals surface area (Å²) in [6, 6.07) is 22.7. The van der Waals surface area contributed by atoms with Gasteiger partial charge in [-0.25, -0.2) is 4.79 Å². The Labute approximate surface area is 170 Å². The molecule has 3 rings (SSSR count). The molecule has 29 heavy (non-hydrogen) atoms. The lowest BCUT2D eigenvalue weighted by Crippen LogP contribution is -2.15. The SMILES string of the molecule is COc1cc(C)ccc1OCC(=O)OCc1ccc(-c2ccccc2C#N)cc1. The number of ether oxygens (including phenoxy) is 3. The number of esters is 1. The van der Waals surface area contributed by atoms with Crippen molar-refractivity contribution in [3.63, 3.8) is 0 Å². The number of carbonyl (C=O) groups is 1. The quantitative estimate of drug-likeness (QED) is 0.551. The Hall–Kier alpha value is -3.78. The van der Waals surface area contributed by atoms with E-state index >= 15 is 0 Å². The number of nitriles is 1. The highest BCUT2D eigenvalue weighted by atomic mass is 16.6. The molecule has 0 aliphatic heterocycles. The predicted molar refractivity (Wildman–Crippen MR) is 110 cm³/mol. The number of nitrogens with zero attached hydrogens (tertiary/aromatic N) is 1. The van der Waals surface area contributed by atoms with Gasteiger partial charge in [-0.3, -0.25) is 0 Å². The topological polar surface area (TPSA) is 68.6 Å². The first-order valence-corrected chi connectivity index (χ1v) is 9.12. The van der Waals surface area contributed by atoms with E-state index in [4.69, 9.17) is 14.2 Å². The van der Waals surface area contributed by atoms with Gasteiger partial charge in [0.05, 0.1) is 18.7 Å². The fourth-order valence-corrected chi connectivity index (χ4v) is 2.85. The number of aryl methyl sites for hydroxylation is 1. The van der Waals surface area contributed by atoms with Crippen LogP contribution in [0.4, 0.5) is 0 Å². The summed E-state index contributed by atoms with van der Waals surface area (Å²) in [5.74, 6) is 0.605. The number of rotatable bonds is 7. The minimum absolute atomic E-state index is 0.146. The van der Waals surface area contributed by atoms with E-state index in [1.165, 1.54) is 0 Å². The van der Waals surface area contributed by atoms with E-state index in [0.29, 0.717) is 17.1 Å². The number of methoxy groups -OCH3 is 1. The number of hydrogen-bond acceptors (Lipinski definition) is 5. The van der Waals surface area contributed by atoms with Crippen LogP contribution in [0, 0.1) is 18.3 Å². The summed E-state index contributed by atoms with van der Waals surface area (Å²) in [4.78, 5) is 12.0. The second-order valence-corrected chi connectivity index (χ2v) is 6.46. The second kappa shape index (κ2) is 9.43. The van der Waals surface area contributed by atoms with E-state index in [1.807, 2.05) is 61.5 Å². The van der Waals surface area contributed by atoms with Crippen molar-refractivity contribution < 1.29 is 19.0 Å². The molecule has 0 bridgehead atoms. The van der Waals surface area contributed by atoms with Crippen LogP contribution in [0.25, 0.3) is 11.1 Å². The van der Waals surface area contributed by atoms with Crippen LogP contribution in [-0.4, -0.2) is 19.7 Å². The smallest absolute Gasteiger partial charge is 0.344 e. The Morgan fingerprint density at radius 2 is 1.76 bits per heavy atom. The van der Waals surface area contributed by atoms with Crippen LogP contribution >= 0.6 is 0 Å². The molecule has 0 aromatic heterocycles. The first-order valence-electron chi connectivity index (χ1n) is 9.12. The first-order chi connectivity index (χ1) is 14.1. The zero-order chi connectivity index (χ0) is 20.6. The third kappa shape index (κ3) is 5.14. The fourth-order valence-electron chi connectivity index (χ4n) is 2.85. The Morgan fingerprint density at radius 1 is 1.00 bits per heavy atom. The lowest BCUT2D eigenvalue weighted by molar-refractivity contribution is -0.147. The molecule has 3 aromatic carbocycles. The molecule has 0 unspecified atom stereocenters. The molecule has 0 aliphatic carbocycles. The van der Waals surface area contributed by atoms with Crippen LogP contribution in [0.5, 0.6) is 11.5 Å². The second-order valence-electron chi connectivity index (χ2n) is 6.46. The molecule has 0 amide bonds. The Kier molecular flexibility index (Phi) is 6.49. The maximum atomic E-state index is 12.0. The van der Waals surface area contributed by atoms with E-state index in [2.05, 4.69) is 6.07 Å². The van der Waals surface area contributed by atoms with Crippen LogP contribution in [0.3, 0.4) is 0 Å². The van der Waals surface area contributed by atoms with Crippen LogP contribution in [-0.2, 0) is 16.1 Å². The van der Waals surface area contributed by atoms with Crippen molar-refractivity contribution in [1.29, 1.82) is 5.26 Å². The summed E-state index contributed by atoms with van der Waals surface area (Å²) in [5, 5.41) is 9.23. The highest BCUT2D eigenvalue weighted by Gasteiger charge is 2.10. The average Bonchev–Trinajstić information content (AvgIpc) is 2.77. The van der Waals surface area contributed by atoms with Crippen molar-refractivity contribution in [1.82, 2.24) is 0 Å². The van der Waals surface area contributed by atoms with Crippen molar-refractivity contribution in [2.24, 2.45) is 0 Å². The van der Waals surface area contributed by atoms with Gasteiger partial charge in [-0.2, -0.15) is 5.26 Å². The molecule has 0 heterocycles. The van der Waals surface area contributed by atoms with Crippen LogP contribution in [0.2, 0.25) is 0 Å². The van der Waals surface area contributed by atoms with Gasteiger partial charge < -0.3 is 14.2 Å².